The lowest BCUT2D eigenvalue weighted by molar-refractivity contribution is -0.143. The van der Waals surface area contributed by atoms with Gasteiger partial charge in [-0.2, -0.15) is 4.99 Å². The zero-order chi connectivity index (χ0) is 24.2. The van der Waals surface area contributed by atoms with Gasteiger partial charge in [-0.25, -0.2) is 18.4 Å². The number of rotatable bonds is 7. The zero-order valence-electron chi connectivity index (χ0n) is 17.8. The minimum absolute atomic E-state index is 0.0335. The van der Waals surface area contributed by atoms with E-state index in [0.717, 1.165) is 11.3 Å². The number of hydrogen-bond acceptors (Lipinski definition) is 8. The number of methoxy groups -OCH3 is 1. The first kappa shape index (κ1) is 24.3. The Morgan fingerprint density at radius 2 is 1.76 bits per heavy atom. The van der Waals surface area contributed by atoms with Crippen molar-refractivity contribution < 1.29 is 32.3 Å². The van der Waals surface area contributed by atoms with Gasteiger partial charge >= 0.3 is 11.9 Å². The monoisotopic (exact) mass is 491 g/mol. The summed E-state index contributed by atoms with van der Waals surface area (Å²) >= 11 is 1.08. The number of nitrogens with zero attached hydrogens (tertiary/aromatic N) is 2. The molecule has 1 heterocycles. The molecule has 0 bridgehead atoms. The van der Waals surface area contributed by atoms with Crippen molar-refractivity contribution in [2.45, 2.75) is 24.8 Å². The molecule has 1 amide bonds. The molecule has 33 heavy (non-hydrogen) atoms. The van der Waals surface area contributed by atoms with Gasteiger partial charge in [0.15, 0.2) is 4.80 Å². The van der Waals surface area contributed by atoms with E-state index in [-0.39, 0.29) is 40.4 Å². The van der Waals surface area contributed by atoms with E-state index in [1.165, 1.54) is 43.5 Å². The highest BCUT2D eigenvalue weighted by Gasteiger charge is 2.15. The molecule has 174 valence electrons. The lowest BCUT2D eigenvalue weighted by Crippen LogP contribution is -2.19. The van der Waals surface area contributed by atoms with Gasteiger partial charge in [0.25, 0.3) is 5.91 Å². The molecule has 0 aliphatic carbocycles. The Morgan fingerprint density at radius 1 is 1.09 bits per heavy atom. The van der Waals surface area contributed by atoms with Crippen molar-refractivity contribution in [3.05, 3.63) is 58.4 Å². The number of nitrogens with two attached hydrogens (primary N) is 1. The molecule has 0 unspecified atom stereocenters. The maximum atomic E-state index is 12.8. The molecule has 2 N–H and O–H groups in total. The second-order valence-corrected chi connectivity index (χ2v) is 9.32. The van der Waals surface area contributed by atoms with E-state index >= 15 is 0 Å². The number of aryl methyl sites for hydroxylation is 1. The maximum absolute atomic E-state index is 12.8. The molecule has 3 aromatic rings. The molecule has 0 radical (unpaired) electrons. The van der Waals surface area contributed by atoms with Crippen molar-refractivity contribution in [2.75, 3.05) is 13.7 Å². The molecule has 2 aromatic carbocycles. The second kappa shape index (κ2) is 10.1. The highest BCUT2D eigenvalue weighted by atomic mass is 32.2. The fourth-order valence-electron chi connectivity index (χ4n) is 2.99. The molecule has 0 atom stereocenters. The average molecular weight is 492 g/mol. The SMILES string of the molecule is CCOC(=O)CCn1c(=NC(=O)c2ccc(C(=O)OC)cc2)sc2cc(S(N)(=O)=O)ccc21. The molecule has 0 fully saturated rings. The minimum Gasteiger partial charge on any atom is -0.466 e. The number of hydrogen-bond donors (Lipinski definition) is 1. The van der Waals surface area contributed by atoms with Crippen LogP contribution in [0.15, 0.2) is 52.4 Å². The van der Waals surface area contributed by atoms with Crippen LogP contribution in [0, 0.1) is 0 Å². The summed E-state index contributed by atoms with van der Waals surface area (Å²) in [5, 5.41) is 5.22. The van der Waals surface area contributed by atoms with Gasteiger partial charge in [-0.15, -0.1) is 0 Å². The summed E-state index contributed by atoms with van der Waals surface area (Å²) in [6.45, 7) is 2.11. The van der Waals surface area contributed by atoms with Crippen molar-refractivity contribution in [1.82, 2.24) is 4.57 Å². The Morgan fingerprint density at radius 3 is 2.36 bits per heavy atom. The normalized spacial score (nSPS) is 12.0. The standard InChI is InChI=1S/C21H21N3O7S2/c1-3-31-18(25)10-11-24-16-9-8-15(33(22,28)29)12-17(16)32-21(24)23-19(26)13-4-6-14(7-5-13)20(27)30-2/h4-9,12H,3,10-11H2,1-2H3,(H2,22,28,29). The molecule has 1 aromatic heterocycles. The quantitative estimate of drug-likeness (QED) is 0.496. The summed E-state index contributed by atoms with van der Waals surface area (Å²) in [6.07, 6.45) is 0.0335. The van der Waals surface area contributed by atoms with Crippen LogP contribution in [0.25, 0.3) is 10.2 Å². The summed E-state index contributed by atoms with van der Waals surface area (Å²) in [5.41, 5.74) is 1.11. The largest absolute Gasteiger partial charge is 0.466 e. The summed E-state index contributed by atoms with van der Waals surface area (Å²) in [7, 11) is -2.66. The van der Waals surface area contributed by atoms with E-state index in [9.17, 15) is 22.8 Å². The van der Waals surface area contributed by atoms with Gasteiger partial charge in [0.05, 0.1) is 40.8 Å². The molecular formula is C21H21N3O7S2. The highest BCUT2D eigenvalue weighted by molar-refractivity contribution is 7.89. The van der Waals surface area contributed by atoms with E-state index in [4.69, 9.17) is 9.88 Å². The second-order valence-electron chi connectivity index (χ2n) is 6.75. The number of ether oxygens (including phenoxy) is 2. The smallest absolute Gasteiger partial charge is 0.337 e. The predicted octanol–water partition coefficient (Wildman–Crippen LogP) is 1.83. The summed E-state index contributed by atoms with van der Waals surface area (Å²) < 4.78 is 35.2. The number of fused-ring (bicyclic) bond motifs is 1. The number of carbonyl (C=O) groups excluding carboxylic acids is 3. The predicted molar refractivity (Wildman–Crippen MR) is 120 cm³/mol. The average Bonchev–Trinajstić information content (AvgIpc) is 3.12. The molecule has 12 heteroatoms. The number of thiazole rings is 1. The maximum Gasteiger partial charge on any atom is 0.337 e. The number of carbonyl (C=O) groups is 3. The van der Waals surface area contributed by atoms with Crippen molar-refractivity contribution in [2.24, 2.45) is 10.1 Å². The Balaban J connectivity index is 2.05. The first-order chi connectivity index (χ1) is 15.6. The molecule has 0 aliphatic rings. The van der Waals surface area contributed by atoms with Gasteiger partial charge < -0.3 is 14.0 Å². The molecule has 0 saturated carbocycles. The third kappa shape index (κ3) is 5.72. The van der Waals surface area contributed by atoms with Gasteiger partial charge in [-0.05, 0) is 49.4 Å². The van der Waals surface area contributed by atoms with Crippen LogP contribution in [0.4, 0.5) is 0 Å². The van der Waals surface area contributed by atoms with Crippen LogP contribution >= 0.6 is 11.3 Å². The van der Waals surface area contributed by atoms with Gasteiger partial charge in [0.1, 0.15) is 0 Å². The number of primary sulfonamides is 1. The van der Waals surface area contributed by atoms with Crippen molar-refractivity contribution in [3.63, 3.8) is 0 Å². The van der Waals surface area contributed by atoms with Crippen LogP contribution in [-0.2, 0) is 30.8 Å². The van der Waals surface area contributed by atoms with Crippen molar-refractivity contribution in [3.8, 4) is 0 Å². The van der Waals surface area contributed by atoms with Crippen LogP contribution in [0.5, 0.6) is 0 Å². The first-order valence-electron chi connectivity index (χ1n) is 9.73. The van der Waals surface area contributed by atoms with E-state index in [2.05, 4.69) is 9.73 Å². The third-order valence-corrected chi connectivity index (χ3v) is 6.53. The molecule has 0 saturated heterocycles. The Kier molecular flexibility index (Phi) is 7.41. The molecule has 0 aliphatic heterocycles. The summed E-state index contributed by atoms with van der Waals surface area (Å²) in [5.74, 6) is -1.52. The number of esters is 2. The van der Waals surface area contributed by atoms with Crippen LogP contribution in [0.2, 0.25) is 0 Å². The van der Waals surface area contributed by atoms with Gasteiger partial charge in [-0.1, -0.05) is 11.3 Å². The number of aromatic nitrogens is 1. The number of sulfonamides is 1. The fourth-order valence-corrected chi connectivity index (χ4v) is 4.69. The van der Waals surface area contributed by atoms with Crippen molar-refractivity contribution >= 4 is 49.4 Å². The highest BCUT2D eigenvalue weighted by Crippen LogP contribution is 2.22. The van der Waals surface area contributed by atoms with Gasteiger partial charge in [-0.3, -0.25) is 9.59 Å². The Bertz CT molecular complexity index is 1390. The van der Waals surface area contributed by atoms with Crippen LogP contribution in [0.1, 0.15) is 34.1 Å². The number of amides is 1. The summed E-state index contributed by atoms with van der Waals surface area (Å²) in [4.78, 5) is 40.6. The molecule has 0 spiro atoms. The Hall–Kier alpha value is -3.35. The zero-order valence-corrected chi connectivity index (χ0v) is 19.4. The van der Waals surface area contributed by atoms with Crippen molar-refractivity contribution in [1.29, 1.82) is 0 Å². The number of benzene rings is 2. The minimum atomic E-state index is -3.92. The summed E-state index contributed by atoms with van der Waals surface area (Å²) in [6, 6.07) is 10.1. The van der Waals surface area contributed by atoms with E-state index in [1.54, 1.807) is 17.6 Å². The molecule has 10 nitrogen and oxygen atoms in total. The Labute approximate surface area is 193 Å². The lowest BCUT2D eigenvalue weighted by Gasteiger charge is -2.06. The fraction of sp³-hybridized carbons (Fsp3) is 0.238. The third-order valence-electron chi connectivity index (χ3n) is 4.58. The topological polar surface area (TPSA) is 147 Å². The first-order valence-corrected chi connectivity index (χ1v) is 12.1. The van der Waals surface area contributed by atoms with Crippen LogP contribution in [0.3, 0.4) is 0 Å². The van der Waals surface area contributed by atoms with E-state index < -0.39 is 27.9 Å². The van der Waals surface area contributed by atoms with E-state index in [1.807, 2.05) is 0 Å². The molecule has 3 rings (SSSR count). The van der Waals surface area contributed by atoms with Crippen LogP contribution < -0.4 is 9.94 Å². The van der Waals surface area contributed by atoms with Gasteiger partial charge in [0, 0.05) is 12.1 Å². The van der Waals surface area contributed by atoms with Crippen LogP contribution in [-0.4, -0.2) is 44.5 Å². The van der Waals surface area contributed by atoms with Gasteiger partial charge in [0.2, 0.25) is 10.0 Å². The lowest BCUT2D eigenvalue weighted by atomic mass is 10.1. The van der Waals surface area contributed by atoms with E-state index in [0.29, 0.717) is 10.2 Å². The molecular weight excluding hydrogens is 470 g/mol.